The maximum atomic E-state index is 13.9. The minimum atomic E-state index is -4.24. The van der Waals surface area contributed by atoms with Gasteiger partial charge in [-0.05, 0) is 68.8 Å². The van der Waals surface area contributed by atoms with E-state index in [4.69, 9.17) is 23.2 Å². The average Bonchev–Trinajstić information content (AvgIpc) is 2.92. The monoisotopic (exact) mass is 593 g/mol. The van der Waals surface area contributed by atoms with Gasteiger partial charge in [0.25, 0.3) is 10.0 Å². The largest absolute Gasteiger partial charge is 0.352 e. The van der Waals surface area contributed by atoms with E-state index in [9.17, 15) is 22.4 Å². The molecule has 0 radical (unpaired) electrons. The van der Waals surface area contributed by atoms with Gasteiger partial charge in [-0.15, -0.1) is 0 Å². The van der Waals surface area contributed by atoms with Crippen LogP contribution in [-0.4, -0.2) is 43.8 Å². The van der Waals surface area contributed by atoms with E-state index in [1.54, 1.807) is 43.3 Å². The molecule has 1 N–H and O–H groups in total. The first-order chi connectivity index (χ1) is 18.4. The topological polar surface area (TPSA) is 86.8 Å². The molecule has 0 aromatic heterocycles. The predicted molar refractivity (Wildman–Crippen MR) is 152 cm³/mol. The summed E-state index contributed by atoms with van der Waals surface area (Å²) in [7, 11) is -4.24. The zero-order chi connectivity index (χ0) is 28.7. The summed E-state index contributed by atoms with van der Waals surface area (Å²) < 4.78 is 41.9. The van der Waals surface area contributed by atoms with Crippen LogP contribution in [-0.2, 0) is 26.2 Å². The summed E-state index contributed by atoms with van der Waals surface area (Å²) >= 11 is 12.7. The van der Waals surface area contributed by atoms with Crippen molar-refractivity contribution in [3.8, 4) is 0 Å². The standard InChI is InChI=1S/C28H30Cl2FN3O4S/c1-4-19(2)32-28(36)20(3)33(17-24-25(29)11-8-12-26(24)30)27(35)18-34(22-15-13-21(31)14-16-22)39(37,38)23-9-6-5-7-10-23/h5-16,19-20H,4,17-18H2,1-3H3,(H,32,36)/t19-,20+/m1/s1. The third-order valence-corrected chi connectivity index (χ3v) is 8.78. The number of amides is 2. The molecule has 7 nitrogen and oxygen atoms in total. The lowest BCUT2D eigenvalue weighted by molar-refractivity contribution is -0.139. The lowest BCUT2D eigenvalue weighted by Crippen LogP contribution is -2.52. The first-order valence-electron chi connectivity index (χ1n) is 12.3. The molecule has 0 bridgehead atoms. The Bertz CT molecular complexity index is 1390. The molecule has 0 heterocycles. The summed E-state index contributed by atoms with van der Waals surface area (Å²) in [5.74, 6) is -1.66. The fraction of sp³-hybridized carbons (Fsp3) is 0.286. The van der Waals surface area contributed by atoms with Gasteiger partial charge in [0.1, 0.15) is 18.4 Å². The molecule has 0 fully saturated rings. The van der Waals surface area contributed by atoms with Gasteiger partial charge in [0.2, 0.25) is 11.8 Å². The number of hydrogen-bond acceptors (Lipinski definition) is 4. The third kappa shape index (κ3) is 7.50. The van der Waals surface area contributed by atoms with Crippen molar-refractivity contribution in [1.82, 2.24) is 10.2 Å². The fourth-order valence-corrected chi connectivity index (χ4v) is 5.71. The van der Waals surface area contributed by atoms with E-state index in [-0.39, 0.29) is 23.2 Å². The molecular weight excluding hydrogens is 564 g/mol. The summed E-state index contributed by atoms with van der Waals surface area (Å²) in [6.45, 7) is 4.50. The molecule has 2 atom stereocenters. The number of benzene rings is 3. The van der Waals surface area contributed by atoms with Gasteiger partial charge < -0.3 is 10.2 Å². The fourth-order valence-electron chi connectivity index (χ4n) is 3.76. The summed E-state index contributed by atoms with van der Waals surface area (Å²) in [5, 5.41) is 3.44. The van der Waals surface area contributed by atoms with Crippen LogP contribution in [0.25, 0.3) is 0 Å². The van der Waals surface area contributed by atoms with E-state index in [0.717, 1.165) is 16.4 Å². The Balaban J connectivity index is 2.05. The van der Waals surface area contributed by atoms with Crippen LogP contribution >= 0.6 is 23.2 Å². The molecule has 0 aliphatic rings. The van der Waals surface area contributed by atoms with Crippen LogP contribution in [0.3, 0.4) is 0 Å². The first-order valence-corrected chi connectivity index (χ1v) is 14.5. The van der Waals surface area contributed by atoms with Gasteiger partial charge in [-0.2, -0.15) is 0 Å². The molecule has 11 heteroatoms. The molecule has 0 aliphatic heterocycles. The number of nitrogens with zero attached hydrogens (tertiary/aromatic N) is 2. The molecule has 208 valence electrons. The first kappa shape index (κ1) is 30.4. The molecule has 0 aliphatic carbocycles. The third-order valence-electron chi connectivity index (χ3n) is 6.28. The Morgan fingerprint density at radius 3 is 2.08 bits per heavy atom. The second kappa shape index (κ2) is 13.3. The van der Waals surface area contributed by atoms with Gasteiger partial charge in [-0.1, -0.05) is 54.4 Å². The second-order valence-electron chi connectivity index (χ2n) is 9.02. The highest BCUT2D eigenvalue weighted by Crippen LogP contribution is 2.28. The van der Waals surface area contributed by atoms with E-state index >= 15 is 0 Å². The van der Waals surface area contributed by atoms with E-state index in [0.29, 0.717) is 22.0 Å². The van der Waals surface area contributed by atoms with Gasteiger partial charge >= 0.3 is 0 Å². The molecule has 0 unspecified atom stereocenters. The van der Waals surface area contributed by atoms with E-state index < -0.39 is 40.2 Å². The Kier molecular flexibility index (Phi) is 10.4. The van der Waals surface area contributed by atoms with Crippen LogP contribution < -0.4 is 9.62 Å². The number of hydrogen-bond donors (Lipinski definition) is 1. The van der Waals surface area contributed by atoms with E-state index in [2.05, 4.69) is 5.32 Å². The molecule has 3 rings (SSSR count). The number of carbonyl (C=O) groups is 2. The zero-order valence-corrected chi connectivity index (χ0v) is 24.1. The van der Waals surface area contributed by atoms with Crippen LogP contribution in [0.1, 0.15) is 32.8 Å². The average molecular weight is 595 g/mol. The summed E-state index contributed by atoms with van der Waals surface area (Å²) in [5.41, 5.74) is 0.498. The number of sulfonamides is 1. The van der Waals surface area contributed by atoms with E-state index in [1.807, 2.05) is 13.8 Å². The van der Waals surface area contributed by atoms with Crippen LogP contribution in [0.4, 0.5) is 10.1 Å². The van der Waals surface area contributed by atoms with Crippen LogP contribution in [0.2, 0.25) is 10.0 Å². The normalized spacial score (nSPS) is 12.9. The zero-order valence-electron chi connectivity index (χ0n) is 21.8. The minimum absolute atomic E-state index is 0.0506. The van der Waals surface area contributed by atoms with Crippen molar-refractivity contribution in [2.24, 2.45) is 0 Å². The highest BCUT2D eigenvalue weighted by atomic mass is 35.5. The Morgan fingerprint density at radius 1 is 0.923 bits per heavy atom. The van der Waals surface area contributed by atoms with Crippen LogP contribution in [0.15, 0.2) is 77.7 Å². The number of rotatable bonds is 11. The molecular formula is C28H30Cl2FN3O4S. The molecule has 0 saturated carbocycles. The van der Waals surface area contributed by atoms with E-state index in [1.165, 1.54) is 29.2 Å². The summed E-state index contributed by atoms with van der Waals surface area (Å²) in [6.07, 6.45) is 0.677. The lowest BCUT2D eigenvalue weighted by atomic mass is 10.1. The van der Waals surface area contributed by atoms with Crippen molar-refractivity contribution in [3.05, 3.63) is 94.2 Å². The Labute approximate surface area is 238 Å². The van der Waals surface area contributed by atoms with Crippen molar-refractivity contribution in [2.45, 2.75) is 50.7 Å². The summed E-state index contributed by atoms with van der Waals surface area (Å²) in [4.78, 5) is 28.2. The second-order valence-corrected chi connectivity index (χ2v) is 11.7. The SMILES string of the molecule is CC[C@@H](C)NC(=O)[C@H](C)N(Cc1c(Cl)cccc1Cl)C(=O)CN(c1ccc(F)cc1)S(=O)(=O)c1ccccc1. The smallest absolute Gasteiger partial charge is 0.264 e. The maximum Gasteiger partial charge on any atom is 0.264 e. The molecule has 3 aromatic carbocycles. The predicted octanol–water partition coefficient (Wildman–Crippen LogP) is 5.66. The highest BCUT2D eigenvalue weighted by molar-refractivity contribution is 7.92. The Morgan fingerprint density at radius 2 is 1.51 bits per heavy atom. The van der Waals surface area contributed by atoms with Crippen LogP contribution in [0.5, 0.6) is 0 Å². The number of anilines is 1. The quantitative estimate of drug-likeness (QED) is 0.311. The minimum Gasteiger partial charge on any atom is -0.352 e. The molecule has 2 amide bonds. The molecule has 0 spiro atoms. The number of carbonyl (C=O) groups excluding carboxylic acids is 2. The van der Waals surface area contributed by atoms with Gasteiger partial charge in [-0.25, -0.2) is 12.8 Å². The number of halogens is 3. The van der Waals surface area contributed by atoms with Gasteiger partial charge in [0.05, 0.1) is 10.6 Å². The molecule has 3 aromatic rings. The highest BCUT2D eigenvalue weighted by Gasteiger charge is 2.33. The van der Waals surface area contributed by atoms with Crippen molar-refractivity contribution in [1.29, 1.82) is 0 Å². The summed E-state index contributed by atoms with van der Waals surface area (Å²) in [6, 6.07) is 16.1. The van der Waals surface area contributed by atoms with Crippen molar-refractivity contribution in [3.63, 3.8) is 0 Å². The van der Waals surface area contributed by atoms with Crippen molar-refractivity contribution < 1.29 is 22.4 Å². The number of nitrogens with one attached hydrogen (secondary N) is 1. The maximum absolute atomic E-state index is 13.9. The van der Waals surface area contributed by atoms with Crippen molar-refractivity contribution in [2.75, 3.05) is 10.8 Å². The van der Waals surface area contributed by atoms with Gasteiger partial charge in [0, 0.05) is 28.2 Å². The van der Waals surface area contributed by atoms with Crippen molar-refractivity contribution >= 4 is 50.7 Å². The van der Waals surface area contributed by atoms with Crippen LogP contribution in [0, 0.1) is 5.82 Å². The van der Waals surface area contributed by atoms with Gasteiger partial charge in [-0.3, -0.25) is 13.9 Å². The Hall–Kier alpha value is -3.14. The molecule has 0 saturated heterocycles. The lowest BCUT2D eigenvalue weighted by Gasteiger charge is -2.32. The van der Waals surface area contributed by atoms with Gasteiger partial charge in [0.15, 0.2) is 0 Å². The molecule has 39 heavy (non-hydrogen) atoms.